The molecule has 1 atom stereocenters. The Balaban J connectivity index is 0.00000256. The summed E-state index contributed by atoms with van der Waals surface area (Å²) >= 11 is 0. The van der Waals surface area contributed by atoms with E-state index < -0.39 is 10.6 Å². The summed E-state index contributed by atoms with van der Waals surface area (Å²) < 4.78 is 20.2. The first-order chi connectivity index (χ1) is 14.0. The zero-order valence-electron chi connectivity index (χ0n) is 16.9. The van der Waals surface area contributed by atoms with Gasteiger partial charge < -0.3 is 10.2 Å². The number of rotatable bonds is 5. The van der Waals surface area contributed by atoms with Gasteiger partial charge in [-0.1, -0.05) is 48.5 Å². The second-order valence-electron chi connectivity index (χ2n) is 7.81. The Morgan fingerprint density at radius 3 is 2.70 bits per heavy atom. The molecule has 1 unspecified atom stereocenters. The van der Waals surface area contributed by atoms with Crippen LogP contribution in [0.4, 0.5) is 0 Å². The van der Waals surface area contributed by atoms with E-state index in [1.54, 1.807) is 11.0 Å². The van der Waals surface area contributed by atoms with Gasteiger partial charge in [0.25, 0.3) is 0 Å². The Morgan fingerprint density at radius 1 is 1.17 bits per heavy atom. The number of carbonyl (C=O) groups excluding carboxylic acids is 1. The molecular weight excluding hydrogens is 420 g/mol. The van der Waals surface area contributed by atoms with E-state index in [2.05, 4.69) is 17.4 Å². The van der Waals surface area contributed by atoms with Crippen LogP contribution in [0.25, 0.3) is 6.08 Å². The summed E-state index contributed by atoms with van der Waals surface area (Å²) in [6.45, 7) is 2.29. The standard InChI is InChI=1S/C23H28N2O3S.ClH/c26-23(10-9-19-7-4-8-20-15-24-13-11-22(19)20)25(16-18-5-2-1-3-6-18)21-12-14-29(27,28)17-21;/h1-10,21,24,27-28H,11-17H2;1H/b10-9+;. The largest absolute Gasteiger partial charge is 0.330 e. The predicted octanol–water partition coefficient (Wildman–Crippen LogP) is 4.32. The van der Waals surface area contributed by atoms with E-state index in [0.717, 1.165) is 30.6 Å². The van der Waals surface area contributed by atoms with Gasteiger partial charge in [-0.25, -0.2) is 0 Å². The van der Waals surface area contributed by atoms with Crippen LogP contribution in [0.5, 0.6) is 0 Å². The molecule has 1 saturated heterocycles. The zero-order valence-corrected chi connectivity index (χ0v) is 18.5. The fourth-order valence-electron chi connectivity index (χ4n) is 4.19. The lowest BCUT2D eigenvalue weighted by Gasteiger charge is -2.31. The first kappa shape index (κ1) is 22.8. The van der Waals surface area contributed by atoms with E-state index >= 15 is 0 Å². The molecule has 7 heteroatoms. The number of nitrogens with zero attached hydrogens (tertiary/aromatic N) is 1. The molecule has 0 spiro atoms. The van der Waals surface area contributed by atoms with Gasteiger partial charge in [-0.15, -0.1) is 12.4 Å². The summed E-state index contributed by atoms with van der Waals surface area (Å²) in [4.78, 5) is 15.0. The van der Waals surface area contributed by atoms with E-state index in [1.807, 2.05) is 42.5 Å². The lowest BCUT2D eigenvalue weighted by Crippen LogP contribution is -2.39. The predicted molar refractivity (Wildman–Crippen MR) is 126 cm³/mol. The lowest BCUT2D eigenvalue weighted by atomic mass is 9.95. The fourth-order valence-corrected chi connectivity index (χ4v) is 5.97. The first-order valence-corrected chi connectivity index (χ1v) is 12.0. The highest BCUT2D eigenvalue weighted by molar-refractivity contribution is 8.24. The van der Waals surface area contributed by atoms with Crippen molar-refractivity contribution >= 4 is 35.0 Å². The van der Waals surface area contributed by atoms with Crippen LogP contribution < -0.4 is 5.32 Å². The van der Waals surface area contributed by atoms with E-state index in [0.29, 0.717) is 18.7 Å². The van der Waals surface area contributed by atoms with Crippen molar-refractivity contribution in [1.29, 1.82) is 0 Å². The van der Waals surface area contributed by atoms with Gasteiger partial charge in [-0.2, -0.15) is 10.6 Å². The quantitative estimate of drug-likeness (QED) is 0.595. The van der Waals surface area contributed by atoms with Crippen molar-refractivity contribution in [2.24, 2.45) is 0 Å². The summed E-state index contributed by atoms with van der Waals surface area (Å²) in [5, 5.41) is 3.38. The Morgan fingerprint density at radius 2 is 1.97 bits per heavy atom. The monoisotopic (exact) mass is 448 g/mol. The highest BCUT2D eigenvalue weighted by Crippen LogP contribution is 2.47. The average Bonchev–Trinajstić information content (AvgIpc) is 3.10. The summed E-state index contributed by atoms with van der Waals surface area (Å²) in [5.74, 6) is 0.563. The van der Waals surface area contributed by atoms with Crippen LogP contribution in [0, 0.1) is 0 Å². The molecule has 4 rings (SSSR count). The molecule has 0 aromatic heterocycles. The molecule has 0 bridgehead atoms. The zero-order chi connectivity index (χ0) is 20.3. The third-order valence-corrected chi connectivity index (χ3v) is 7.55. The number of hydrogen-bond donors (Lipinski definition) is 3. The van der Waals surface area contributed by atoms with Gasteiger partial charge in [0.15, 0.2) is 0 Å². The van der Waals surface area contributed by atoms with Crippen molar-refractivity contribution in [3.8, 4) is 0 Å². The van der Waals surface area contributed by atoms with Gasteiger partial charge >= 0.3 is 0 Å². The first-order valence-electron chi connectivity index (χ1n) is 10.1. The summed E-state index contributed by atoms with van der Waals surface area (Å²) in [6.07, 6.45) is 5.14. The van der Waals surface area contributed by atoms with Crippen LogP contribution in [-0.2, 0) is 24.3 Å². The highest BCUT2D eigenvalue weighted by atomic mass is 35.5. The number of nitrogens with one attached hydrogen (secondary N) is 1. The maximum atomic E-state index is 13.2. The molecule has 162 valence electrons. The van der Waals surface area contributed by atoms with Crippen LogP contribution in [0.3, 0.4) is 0 Å². The molecule has 2 aromatic carbocycles. The second-order valence-corrected chi connectivity index (χ2v) is 10.2. The van der Waals surface area contributed by atoms with Crippen LogP contribution in [0.15, 0.2) is 54.6 Å². The number of fused-ring (bicyclic) bond motifs is 1. The topological polar surface area (TPSA) is 72.8 Å². The SMILES string of the molecule is Cl.O=C(/C=C/c1cccc2c1CCNC2)N(Cc1ccccc1)C1CCS(O)(O)C1. The van der Waals surface area contributed by atoms with Crippen molar-refractivity contribution < 1.29 is 13.9 Å². The minimum Gasteiger partial charge on any atom is -0.330 e. The molecule has 2 aliphatic heterocycles. The molecule has 0 radical (unpaired) electrons. The third kappa shape index (κ3) is 5.45. The molecule has 5 nitrogen and oxygen atoms in total. The Kier molecular flexibility index (Phi) is 7.60. The molecule has 2 aliphatic rings. The van der Waals surface area contributed by atoms with Crippen LogP contribution in [0.1, 0.15) is 28.7 Å². The van der Waals surface area contributed by atoms with Gasteiger partial charge in [0.1, 0.15) is 0 Å². The van der Waals surface area contributed by atoms with Gasteiger partial charge in [0, 0.05) is 24.9 Å². The van der Waals surface area contributed by atoms with Crippen molar-refractivity contribution in [3.05, 3.63) is 76.9 Å². The molecule has 0 saturated carbocycles. The van der Waals surface area contributed by atoms with E-state index in [9.17, 15) is 13.9 Å². The Bertz CT molecular complexity index is 905. The number of hydrogen-bond acceptors (Lipinski definition) is 4. The van der Waals surface area contributed by atoms with Gasteiger partial charge in [-0.05, 0) is 47.7 Å². The number of carbonyl (C=O) groups is 1. The van der Waals surface area contributed by atoms with Crippen molar-refractivity contribution in [3.63, 3.8) is 0 Å². The molecule has 2 aromatic rings. The van der Waals surface area contributed by atoms with Crippen LogP contribution in [0.2, 0.25) is 0 Å². The highest BCUT2D eigenvalue weighted by Gasteiger charge is 2.34. The smallest absolute Gasteiger partial charge is 0.247 e. The molecule has 2 heterocycles. The molecular formula is C23H29ClN2O3S. The van der Waals surface area contributed by atoms with Gasteiger partial charge in [-0.3, -0.25) is 13.9 Å². The molecule has 30 heavy (non-hydrogen) atoms. The third-order valence-electron chi connectivity index (χ3n) is 5.74. The molecule has 1 amide bonds. The Hall–Kier alpha value is -1.83. The normalized spacial score (nSPS) is 20.9. The van der Waals surface area contributed by atoms with E-state index in [4.69, 9.17) is 0 Å². The van der Waals surface area contributed by atoms with E-state index in [1.165, 1.54) is 11.1 Å². The number of halogens is 1. The molecule has 1 fully saturated rings. The summed E-state index contributed by atoms with van der Waals surface area (Å²) in [7, 11) is -2.57. The molecule has 0 aliphatic carbocycles. The maximum absolute atomic E-state index is 13.2. The van der Waals surface area contributed by atoms with Gasteiger partial charge in [0.05, 0.1) is 11.8 Å². The number of benzene rings is 2. The van der Waals surface area contributed by atoms with Crippen molar-refractivity contribution in [2.45, 2.75) is 32.0 Å². The lowest BCUT2D eigenvalue weighted by molar-refractivity contribution is -0.128. The number of amides is 1. The minimum atomic E-state index is -2.57. The van der Waals surface area contributed by atoms with E-state index in [-0.39, 0.29) is 30.1 Å². The second kappa shape index (κ2) is 9.98. The van der Waals surface area contributed by atoms with Crippen molar-refractivity contribution in [2.75, 3.05) is 18.1 Å². The van der Waals surface area contributed by atoms with Gasteiger partial charge in [0.2, 0.25) is 5.91 Å². The van der Waals surface area contributed by atoms with Crippen LogP contribution in [-0.4, -0.2) is 44.0 Å². The van der Waals surface area contributed by atoms with Crippen molar-refractivity contribution in [1.82, 2.24) is 10.2 Å². The maximum Gasteiger partial charge on any atom is 0.247 e. The summed E-state index contributed by atoms with van der Waals surface area (Å²) in [6, 6.07) is 15.9. The average molecular weight is 449 g/mol. The fraction of sp³-hybridized carbons (Fsp3) is 0.348. The van der Waals surface area contributed by atoms with Crippen LogP contribution >= 0.6 is 23.0 Å². The molecule has 3 N–H and O–H groups in total. The minimum absolute atomic E-state index is 0. The Labute approximate surface area is 185 Å². The summed E-state index contributed by atoms with van der Waals surface area (Å²) in [5.41, 5.74) is 4.73.